The molecule has 107 heavy (non-hydrogen) atoms. The molecule has 600 valence electrons. The number of oxime groups is 2. The number of amides is 12. The van der Waals surface area contributed by atoms with Crippen LogP contribution in [0.15, 0.2) is 40.6 Å². The zero-order chi connectivity index (χ0) is 80.6. The summed E-state index contributed by atoms with van der Waals surface area (Å²) in [6, 6.07) is -2.71. The number of nitrogens with one attached hydrogen (secondary N) is 15. The van der Waals surface area contributed by atoms with Gasteiger partial charge in [0.15, 0.2) is 0 Å². The SMILES string of the molecule is CCC(=O)N[C@@H](CC(=O)O)C(=O)N[C@H]1CSSC[C@@H](C(=O)NCC(=O)O)NC(=O)[C@H](Cc2ccccc2)NC1=O.CNC(=O)[C@H](CCNC(N)N)NC(=O)[C@@H]1CSSC[C@H](NC(=O)[C@H](C)NC(=O)CCC(=O)NCCN(CCNC(C)(C)/C(C)=N\O)CCNC(C)(C)/C(C)=N\O)C(=O)N[C@@H](CC(=O)O)C(=O)N1. The van der Waals surface area contributed by atoms with Crippen LogP contribution in [0.1, 0.15) is 99.5 Å². The van der Waals surface area contributed by atoms with Crippen LogP contribution < -0.4 is 91.2 Å². The van der Waals surface area contributed by atoms with Crippen molar-refractivity contribution in [1.82, 2.24) is 84.7 Å². The van der Waals surface area contributed by atoms with E-state index in [1.54, 1.807) is 44.2 Å². The summed E-state index contributed by atoms with van der Waals surface area (Å²) in [5, 5.41) is 91.8. The number of rotatable bonds is 39. The van der Waals surface area contributed by atoms with Gasteiger partial charge < -0.3 is 112 Å². The van der Waals surface area contributed by atoms with Gasteiger partial charge in [0.1, 0.15) is 67.2 Å². The lowest BCUT2D eigenvalue weighted by molar-refractivity contribution is -0.141. The van der Waals surface area contributed by atoms with Crippen LogP contribution in [0.2, 0.25) is 0 Å². The van der Waals surface area contributed by atoms with Gasteiger partial charge in [-0.3, -0.25) is 82.1 Å². The van der Waals surface area contributed by atoms with Crippen molar-refractivity contribution in [2.24, 2.45) is 21.8 Å². The summed E-state index contributed by atoms with van der Waals surface area (Å²) in [4.78, 5) is 191. The molecule has 0 saturated carbocycles. The Morgan fingerprint density at radius 3 is 1.60 bits per heavy atom. The number of hydrogen-bond donors (Lipinski definition) is 22. The minimum atomic E-state index is -1.66. The monoisotopic (exact) mass is 1590 g/mol. The molecule has 0 bridgehead atoms. The van der Waals surface area contributed by atoms with Crippen molar-refractivity contribution in [3.8, 4) is 0 Å². The zero-order valence-corrected chi connectivity index (χ0v) is 64.4. The molecule has 1 aromatic carbocycles. The molecule has 9 atom stereocenters. The first-order valence-corrected chi connectivity index (χ1v) is 38.8. The van der Waals surface area contributed by atoms with Gasteiger partial charge in [-0.25, -0.2) is 0 Å². The van der Waals surface area contributed by atoms with Gasteiger partial charge in [0.05, 0.1) is 35.3 Å². The van der Waals surface area contributed by atoms with Crippen molar-refractivity contribution in [3.63, 3.8) is 0 Å². The van der Waals surface area contributed by atoms with E-state index in [0.717, 1.165) is 43.2 Å². The lowest BCUT2D eigenvalue weighted by Crippen LogP contribution is -2.60. The Morgan fingerprint density at radius 2 is 1.09 bits per heavy atom. The summed E-state index contributed by atoms with van der Waals surface area (Å²) in [5.41, 5.74) is 11.6. The van der Waals surface area contributed by atoms with Crippen LogP contribution >= 0.6 is 43.2 Å². The van der Waals surface area contributed by atoms with E-state index in [2.05, 4.69) is 95.0 Å². The highest BCUT2D eigenvalue weighted by atomic mass is 33.1. The predicted octanol–water partition coefficient (Wildman–Crippen LogP) is -5.49. The fourth-order valence-corrected chi connectivity index (χ4v) is 14.0. The number of aliphatic carboxylic acids is 3. The van der Waals surface area contributed by atoms with E-state index in [0.29, 0.717) is 49.7 Å². The molecule has 3 rings (SSSR count). The number of hydrogen-bond acceptors (Lipinski definition) is 29. The molecule has 0 aromatic heterocycles. The molecule has 1 aromatic rings. The van der Waals surface area contributed by atoms with Gasteiger partial charge in [0.25, 0.3) is 0 Å². The average molecular weight is 1590 g/mol. The van der Waals surface area contributed by atoms with Crippen LogP contribution in [0.25, 0.3) is 0 Å². The van der Waals surface area contributed by atoms with Crippen LogP contribution in [0.4, 0.5) is 0 Å². The normalized spacial score (nSPS) is 19.4. The van der Waals surface area contributed by atoms with Gasteiger partial charge in [-0.15, -0.1) is 0 Å². The largest absolute Gasteiger partial charge is 0.481 e. The number of benzene rings is 1. The Balaban J connectivity index is 0.000000823. The maximum Gasteiger partial charge on any atom is 0.322 e. The molecule has 0 aliphatic carbocycles. The summed E-state index contributed by atoms with van der Waals surface area (Å²) >= 11 is 0. The van der Waals surface area contributed by atoms with E-state index >= 15 is 0 Å². The number of carbonyl (C=O) groups is 15. The van der Waals surface area contributed by atoms with Crippen molar-refractivity contribution in [1.29, 1.82) is 0 Å². The second kappa shape index (κ2) is 49.3. The molecule has 12 amide bonds. The zero-order valence-electron chi connectivity index (χ0n) is 61.1. The van der Waals surface area contributed by atoms with E-state index in [4.69, 9.17) is 16.6 Å². The molecule has 0 spiro atoms. The first kappa shape index (κ1) is 94.5. The van der Waals surface area contributed by atoms with E-state index in [1.807, 2.05) is 27.7 Å². The van der Waals surface area contributed by atoms with Crippen LogP contribution in [0, 0.1) is 0 Å². The maximum atomic E-state index is 13.4. The minimum Gasteiger partial charge on any atom is -0.481 e. The standard InChI is InChI=1S/C39H73N15O11S2.C24H31N5O9S2/c1-22(47-30(56)10-9-29(55)43-13-16-54(17-14-45-38(4,5)23(2)52-64)18-15-46-39(6,7)24(3)53-65)32(59)50-27-20-66-67-21-28(51-34(61)26(19-31(57)58)49-36(27)63)35(62)48-25(33(60)42-8)11-12-44-37(40)41;1-2-18(30)26-15(9-19(31)32)23(37)29-17-12-40-39-11-16(21(35)25-10-20(33)34)28-22(36)14(27-24(17)38)8-13-6-4-3-5-7-13/h22,25-28,37,44-46,64-65H,9-21,40-41H2,1-8H3,(H,42,60)(H,43,55)(H,47,56)(H,48,62)(H,49,63)(H,50,59)(H,51,61)(H,57,58);3-7,14-17H,2,8-12H2,1H3,(H,25,35)(H,26,30)(H,27,38)(H,28,36)(H,29,37)(H,31,32)(H,33,34)/b52-23-,53-24-;/t22-,25-,26-,27-,28-;14-,15-,16-,17-/m00/s1. The lowest BCUT2D eigenvalue weighted by Gasteiger charge is -2.30. The highest BCUT2D eigenvalue weighted by Gasteiger charge is 2.37. The quantitative estimate of drug-likeness (QED) is 0.00961. The molecule has 2 saturated heterocycles. The Labute approximate surface area is 634 Å². The molecule has 2 heterocycles. The molecule has 0 radical (unpaired) electrons. The van der Waals surface area contributed by atoms with Gasteiger partial charge in [-0.05, 0) is 60.5 Å². The minimum absolute atomic E-state index is 0.0112. The highest BCUT2D eigenvalue weighted by Crippen LogP contribution is 2.26. The maximum absolute atomic E-state index is 13.4. The summed E-state index contributed by atoms with van der Waals surface area (Å²) < 4.78 is 0. The fourth-order valence-electron chi connectivity index (χ4n) is 9.32. The van der Waals surface area contributed by atoms with E-state index in [9.17, 15) is 92.5 Å². The van der Waals surface area contributed by atoms with Crippen molar-refractivity contribution in [3.05, 3.63) is 35.9 Å². The topological polar surface area (TPSA) is 618 Å². The third-order valence-corrected chi connectivity index (χ3v) is 21.1. The first-order chi connectivity index (χ1) is 50.4. The molecule has 24 N–H and O–H groups in total. The number of carboxylic acid groups (broad SMARTS) is 3. The van der Waals surface area contributed by atoms with Gasteiger partial charge in [-0.1, -0.05) is 90.7 Å². The Morgan fingerprint density at radius 1 is 0.589 bits per heavy atom. The van der Waals surface area contributed by atoms with Gasteiger partial charge >= 0.3 is 17.9 Å². The Kier molecular flexibility index (Phi) is 43.6. The molecule has 44 heteroatoms. The highest BCUT2D eigenvalue weighted by molar-refractivity contribution is 8.77. The van der Waals surface area contributed by atoms with Crippen LogP contribution in [0.3, 0.4) is 0 Å². The summed E-state index contributed by atoms with van der Waals surface area (Å²) in [6.07, 6.45) is -2.77. The summed E-state index contributed by atoms with van der Waals surface area (Å²) in [7, 11) is 5.71. The molecule has 2 fully saturated rings. The molecule has 2 aliphatic rings. The molecule has 40 nitrogen and oxygen atoms in total. The fraction of sp³-hybridized carbons (Fsp3) is 0.635. The smallest absolute Gasteiger partial charge is 0.322 e. The Bertz CT molecular complexity index is 3220. The van der Waals surface area contributed by atoms with Crippen molar-refractivity contribution in [2.75, 3.05) is 82.4 Å². The predicted molar refractivity (Wildman–Crippen MR) is 400 cm³/mol. The van der Waals surface area contributed by atoms with Crippen LogP contribution in [-0.2, 0) is 78.3 Å². The number of carboxylic acids is 3. The third kappa shape index (κ3) is 37.7. The van der Waals surface area contributed by atoms with E-state index in [1.165, 1.54) is 20.9 Å². The second-order valence-corrected chi connectivity index (χ2v) is 30.5. The number of likely N-dealkylation sites (N-methyl/N-ethyl adjacent to an activating group) is 1. The van der Waals surface area contributed by atoms with Crippen molar-refractivity contribution in [2.45, 2.75) is 172 Å². The number of nitrogens with zero attached hydrogens (tertiary/aromatic N) is 3. The molecular weight excluding hydrogens is 1490 g/mol. The summed E-state index contributed by atoms with van der Waals surface area (Å²) in [5.74, 6) is -12.9. The molecular formula is C63H104N20O20S4. The number of carbonyl (C=O) groups excluding carboxylic acids is 12. The van der Waals surface area contributed by atoms with Crippen LogP contribution in [-0.4, -0.2) is 285 Å². The van der Waals surface area contributed by atoms with Gasteiger partial charge in [-0.2, -0.15) is 0 Å². The Hall–Kier alpha value is -8.63. The van der Waals surface area contributed by atoms with Crippen molar-refractivity contribution < 1.29 is 97.7 Å². The first-order valence-electron chi connectivity index (χ1n) is 33.9. The van der Waals surface area contributed by atoms with E-state index < -0.39 is 180 Å². The van der Waals surface area contributed by atoms with Gasteiger partial charge in [0, 0.05) is 102 Å². The van der Waals surface area contributed by atoms with Gasteiger partial charge in [0.2, 0.25) is 70.9 Å². The average Bonchev–Trinajstić information content (AvgIpc) is 1.84. The summed E-state index contributed by atoms with van der Waals surface area (Å²) in [6.45, 7) is 16.3. The lowest BCUT2D eigenvalue weighted by atomic mass is 9.99. The third-order valence-electron chi connectivity index (χ3n) is 16.2. The number of nitrogens with two attached hydrogens (primary N) is 2. The van der Waals surface area contributed by atoms with E-state index in [-0.39, 0.29) is 68.2 Å². The molecule has 2 aliphatic heterocycles. The van der Waals surface area contributed by atoms with Crippen molar-refractivity contribution >= 4 is 143 Å². The van der Waals surface area contributed by atoms with Crippen LogP contribution in [0.5, 0.6) is 0 Å². The second-order valence-electron chi connectivity index (χ2n) is 25.4. The molecule has 0 unspecified atom stereocenters.